The van der Waals surface area contributed by atoms with Gasteiger partial charge in [-0.25, -0.2) is 0 Å². The van der Waals surface area contributed by atoms with Crippen LogP contribution in [-0.2, 0) is 0 Å². The van der Waals surface area contributed by atoms with Gasteiger partial charge in [-0.1, -0.05) is 6.92 Å². The second-order valence-corrected chi connectivity index (χ2v) is 3.02. The summed E-state index contributed by atoms with van der Waals surface area (Å²) in [5.74, 6) is 0. The molecule has 0 bridgehead atoms. The molecule has 1 aromatic rings. The molecule has 0 atom stereocenters. The van der Waals surface area contributed by atoms with Gasteiger partial charge < -0.3 is 5.32 Å². The van der Waals surface area contributed by atoms with Crippen molar-refractivity contribution in [2.75, 3.05) is 11.9 Å². The fraction of sp³-hybridized carbons (Fsp3) is 0.500. The molecule has 0 saturated carbocycles. The van der Waals surface area contributed by atoms with Crippen LogP contribution in [0.1, 0.15) is 24.6 Å². The van der Waals surface area contributed by atoms with E-state index >= 15 is 0 Å². The Morgan fingerprint density at radius 1 is 1.42 bits per heavy atom. The molecule has 2 heteroatoms. The highest BCUT2D eigenvalue weighted by Crippen LogP contribution is 2.16. The second kappa shape index (κ2) is 4.10. The quantitative estimate of drug-likeness (QED) is 0.742. The molecular weight excluding hydrogens is 148 g/mol. The number of nitrogens with one attached hydrogen (secondary N) is 1. The molecule has 0 aromatic carbocycles. The number of pyridine rings is 1. The lowest BCUT2D eigenvalue weighted by Gasteiger charge is -2.10. The summed E-state index contributed by atoms with van der Waals surface area (Å²) in [7, 11) is 0. The zero-order chi connectivity index (χ0) is 8.97. The Kier molecular flexibility index (Phi) is 3.09. The highest BCUT2D eigenvalue weighted by molar-refractivity contribution is 5.53. The summed E-state index contributed by atoms with van der Waals surface area (Å²) in [6.45, 7) is 7.32. The van der Waals surface area contributed by atoms with E-state index in [-0.39, 0.29) is 0 Å². The molecular formula is C10H16N2. The van der Waals surface area contributed by atoms with Gasteiger partial charge in [-0.2, -0.15) is 0 Å². The fourth-order valence-electron chi connectivity index (χ4n) is 1.21. The van der Waals surface area contributed by atoms with Gasteiger partial charge in [0.05, 0.1) is 11.4 Å². The number of aryl methyl sites for hydroxylation is 2. The Bertz CT molecular complexity index is 236. The minimum atomic E-state index is 1.02. The number of hydrogen-bond donors (Lipinski definition) is 1. The van der Waals surface area contributed by atoms with Crippen LogP contribution in [-0.4, -0.2) is 11.5 Å². The third-order valence-electron chi connectivity index (χ3n) is 1.90. The van der Waals surface area contributed by atoms with Crippen molar-refractivity contribution in [3.63, 3.8) is 0 Å². The number of nitrogens with zero attached hydrogens (tertiary/aromatic N) is 1. The number of aromatic nitrogens is 1. The zero-order valence-electron chi connectivity index (χ0n) is 8.02. The molecule has 0 aliphatic rings. The van der Waals surface area contributed by atoms with Crippen molar-refractivity contribution in [3.8, 4) is 0 Å². The molecule has 1 rings (SSSR count). The number of rotatable bonds is 3. The summed E-state index contributed by atoms with van der Waals surface area (Å²) in [5.41, 5.74) is 3.55. The molecule has 0 aliphatic carbocycles. The van der Waals surface area contributed by atoms with Crippen molar-refractivity contribution in [3.05, 3.63) is 23.5 Å². The molecule has 66 valence electrons. The first-order chi connectivity index (χ1) is 5.75. The summed E-state index contributed by atoms with van der Waals surface area (Å²) >= 11 is 0. The van der Waals surface area contributed by atoms with Crippen LogP contribution in [0.3, 0.4) is 0 Å². The molecule has 1 aromatic heterocycles. The van der Waals surface area contributed by atoms with E-state index in [4.69, 9.17) is 0 Å². The van der Waals surface area contributed by atoms with E-state index in [1.807, 2.05) is 19.2 Å². The van der Waals surface area contributed by atoms with E-state index in [0.29, 0.717) is 0 Å². The molecule has 0 spiro atoms. The van der Waals surface area contributed by atoms with Crippen LogP contribution in [0.25, 0.3) is 0 Å². The Hall–Kier alpha value is -1.05. The van der Waals surface area contributed by atoms with E-state index in [2.05, 4.69) is 24.1 Å². The number of anilines is 1. The van der Waals surface area contributed by atoms with Crippen LogP contribution in [0.15, 0.2) is 12.3 Å². The molecule has 0 amide bonds. The molecule has 1 heterocycles. The lowest BCUT2D eigenvalue weighted by Crippen LogP contribution is -2.04. The van der Waals surface area contributed by atoms with Gasteiger partial charge in [0.25, 0.3) is 0 Å². The lowest BCUT2D eigenvalue weighted by atomic mass is 10.2. The van der Waals surface area contributed by atoms with Crippen molar-refractivity contribution in [1.29, 1.82) is 0 Å². The predicted octanol–water partition coefficient (Wildman–Crippen LogP) is 2.52. The van der Waals surface area contributed by atoms with Gasteiger partial charge >= 0.3 is 0 Å². The first-order valence-corrected chi connectivity index (χ1v) is 4.41. The van der Waals surface area contributed by atoms with Crippen molar-refractivity contribution in [2.24, 2.45) is 0 Å². The van der Waals surface area contributed by atoms with Gasteiger partial charge in [0.1, 0.15) is 0 Å². The van der Waals surface area contributed by atoms with Crippen molar-refractivity contribution in [1.82, 2.24) is 4.98 Å². The van der Waals surface area contributed by atoms with Gasteiger partial charge in [-0.05, 0) is 31.9 Å². The summed E-state index contributed by atoms with van der Waals surface area (Å²) in [4.78, 5) is 4.23. The van der Waals surface area contributed by atoms with Gasteiger partial charge in [-0.3, -0.25) is 4.98 Å². The second-order valence-electron chi connectivity index (χ2n) is 3.02. The normalized spacial score (nSPS) is 9.92. The van der Waals surface area contributed by atoms with E-state index in [1.165, 1.54) is 11.3 Å². The van der Waals surface area contributed by atoms with Crippen molar-refractivity contribution >= 4 is 5.69 Å². The zero-order valence-corrected chi connectivity index (χ0v) is 8.02. The average molecular weight is 164 g/mol. The molecule has 0 aliphatic heterocycles. The summed E-state index contributed by atoms with van der Waals surface area (Å²) < 4.78 is 0. The Morgan fingerprint density at radius 2 is 2.17 bits per heavy atom. The average Bonchev–Trinajstić information content (AvgIpc) is 2.04. The summed E-state index contributed by atoms with van der Waals surface area (Å²) in [5, 5.41) is 3.37. The minimum Gasteiger partial charge on any atom is -0.383 e. The van der Waals surface area contributed by atoms with E-state index in [0.717, 1.165) is 18.7 Å². The predicted molar refractivity (Wildman–Crippen MR) is 52.5 cm³/mol. The van der Waals surface area contributed by atoms with Crippen LogP contribution in [0, 0.1) is 13.8 Å². The maximum Gasteiger partial charge on any atom is 0.0606 e. The molecule has 0 unspecified atom stereocenters. The third kappa shape index (κ3) is 1.97. The molecule has 2 nitrogen and oxygen atoms in total. The van der Waals surface area contributed by atoms with Crippen molar-refractivity contribution < 1.29 is 0 Å². The van der Waals surface area contributed by atoms with Gasteiger partial charge in [0.2, 0.25) is 0 Å². The van der Waals surface area contributed by atoms with Crippen LogP contribution in [0.4, 0.5) is 5.69 Å². The largest absolute Gasteiger partial charge is 0.383 e. The maximum atomic E-state index is 4.23. The van der Waals surface area contributed by atoms with Gasteiger partial charge in [0.15, 0.2) is 0 Å². The monoisotopic (exact) mass is 164 g/mol. The summed E-state index contributed by atoms with van der Waals surface area (Å²) in [6.07, 6.45) is 3.00. The topological polar surface area (TPSA) is 24.9 Å². The smallest absolute Gasteiger partial charge is 0.0606 e. The highest BCUT2D eigenvalue weighted by atomic mass is 14.9. The van der Waals surface area contributed by atoms with E-state index in [1.54, 1.807) is 0 Å². The van der Waals surface area contributed by atoms with Gasteiger partial charge in [-0.15, -0.1) is 0 Å². The first kappa shape index (κ1) is 9.04. The van der Waals surface area contributed by atoms with Crippen LogP contribution in [0.5, 0.6) is 0 Å². The highest BCUT2D eigenvalue weighted by Gasteiger charge is 2.00. The van der Waals surface area contributed by atoms with E-state index < -0.39 is 0 Å². The lowest BCUT2D eigenvalue weighted by molar-refractivity contribution is 0.969. The SMILES string of the molecule is CCCNc1c(C)ccnc1C. The molecule has 0 radical (unpaired) electrons. The molecule has 0 saturated heterocycles. The Labute approximate surface area is 74.0 Å². The van der Waals surface area contributed by atoms with Gasteiger partial charge in [0, 0.05) is 12.7 Å². The Morgan fingerprint density at radius 3 is 2.75 bits per heavy atom. The standard InChI is InChI=1S/C10H16N2/c1-4-6-12-10-8(2)5-7-11-9(10)3/h5,7,12H,4,6H2,1-3H3. The Balaban J connectivity index is 2.81. The van der Waals surface area contributed by atoms with E-state index in [9.17, 15) is 0 Å². The maximum absolute atomic E-state index is 4.23. The molecule has 12 heavy (non-hydrogen) atoms. The van der Waals surface area contributed by atoms with Crippen molar-refractivity contribution in [2.45, 2.75) is 27.2 Å². The summed E-state index contributed by atoms with van der Waals surface area (Å²) in [6, 6.07) is 2.03. The first-order valence-electron chi connectivity index (χ1n) is 4.41. The molecule has 0 fully saturated rings. The van der Waals surface area contributed by atoms with Crippen LogP contribution < -0.4 is 5.32 Å². The number of hydrogen-bond acceptors (Lipinski definition) is 2. The van der Waals surface area contributed by atoms with Crippen LogP contribution in [0.2, 0.25) is 0 Å². The molecule has 1 N–H and O–H groups in total. The third-order valence-corrected chi connectivity index (χ3v) is 1.90. The fourth-order valence-corrected chi connectivity index (χ4v) is 1.21. The minimum absolute atomic E-state index is 1.02. The van der Waals surface area contributed by atoms with Crippen LogP contribution >= 0.6 is 0 Å².